The van der Waals surface area contributed by atoms with Crippen molar-refractivity contribution in [1.82, 2.24) is 0 Å². The fourth-order valence-corrected chi connectivity index (χ4v) is 7.08. The molecule has 6 heteroatoms. The van der Waals surface area contributed by atoms with E-state index in [0.29, 0.717) is 17.8 Å². The Hall–Kier alpha value is -1.36. The molecule has 160 valence electrons. The van der Waals surface area contributed by atoms with E-state index in [-0.39, 0.29) is 28.8 Å². The summed E-state index contributed by atoms with van der Waals surface area (Å²) in [6, 6.07) is 0. The molecule has 0 radical (unpaired) electrons. The molecule has 6 atom stereocenters. The predicted octanol–water partition coefficient (Wildman–Crippen LogP) is 5.02. The van der Waals surface area contributed by atoms with Gasteiger partial charge in [-0.15, -0.1) is 11.6 Å². The highest BCUT2D eigenvalue weighted by molar-refractivity contribution is 6.26. The van der Waals surface area contributed by atoms with Crippen LogP contribution in [0.15, 0.2) is 16.8 Å². The van der Waals surface area contributed by atoms with Gasteiger partial charge in [-0.3, -0.25) is 4.79 Å². The number of rotatable bonds is 3. The number of nitrogens with zero attached hydrogens (tertiary/aromatic N) is 1. The second kappa shape index (κ2) is 7.72. The van der Waals surface area contributed by atoms with E-state index >= 15 is 0 Å². The Kier molecular flexibility index (Phi) is 5.56. The van der Waals surface area contributed by atoms with Crippen molar-refractivity contribution in [3.63, 3.8) is 0 Å². The number of ether oxygens (including phenoxy) is 1. The molecule has 0 bridgehead atoms. The van der Waals surface area contributed by atoms with Crippen molar-refractivity contribution in [3.05, 3.63) is 11.6 Å². The van der Waals surface area contributed by atoms with Gasteiger partial charge in [0, 0.05) is 18.8 Å². The standard InChI is InChI=1S/C23H32ClNO4/c1-14(26)28-16-8-10-22(2)15(12-16)4-5-17-18-6-7-20(25-29-21(27)13-24)23(18,3)11-9-19(17)22/h4,16-19H,5-13H2,1-3H3/b25-20-/t16-,17-,18-,19-,22+,23+/m1/s1. The van der Waals surface area contributed by atoms with Crippen LogP contribution < -0.4 is 0 Å². The first-order chi connectivity index (χ1) is 13.8. The molecule has 0 amide bonds. The molecule has 3 saturated carbocycles. The molecule has 4 rings (SSSR count). The first-order valence-electron chi connectivity index (χ1n) is 11.0. The molecule has 0 spiro atoms. The van der Waals surface area contributed by atoms with Crippen LogP contribution in [0.1, 0.15) is 72.1 Å². The molecule has 0 aromatic heterocycles. The van der Waals surface area contributed by atoms with Gasteiger partial charge in [0.05, 0.1) is 5.71 Å². The van der Waals surface area contributed by atoms with Gasteiger partial charge < -0.3 is 9.57 Å². The summed E-state index contributed by atoms with van der Waals surface area (Å²) >= 11 is 5.54. The number of hydrogen-bond acceptors (Lipinski definition) is 5. The summed E-state index contributed by atoms with van der Waals surface area (Å²) in [5.74, 6) is 1.07. The quantitative estimate of drug-likeness (QED) is 0.211. The van der Waals surface area contributed by atoms with Crippen molar-refractivity contribution in [1.29, 1.82) is 0 Å². The SMILES string of the molecule is CC(=O)O[C@@H]1CC[C@@]2(C)C(=CC[C@H]3[C@H]2CC[C@]2(C)/C(=N\OC(=O)CCl)CC[C@H]32)C1. The van der Waals surface area contributed by atoms with Crippen molar-refractivity contribution < 1.29 is 19.2 Å². The molecule has 29 heavy (non-hydrogen) atoms. The summed E-state index contributed by atoms with van der Waals surface area (Å²) in [5.41, 5.74) is 2.77. The number of oxime groups is 1. The van der Waals surface area contributed by atoms with E-state index in [2.05, 4.69) is 25.1 Å². The van der Waals surface area contributed by atoms with E-state index in [4.69, 9.17) is 21.2 Å². The van der Waals surface area contributed by atoms with Crippen molar-refractivity contribution in [3.8, 4) is 0 Å². The summed E-state index contributed by atoms with van der Waals surface area (Å²) in [7, 11) is 0. The lowest BCUT2D eigenvalue weighted by molar-refractivity contribution is -0.148. The zero-order valence-electron chi connectivity index (χ0n) is 17.7. The van der Waals surface area contributed by atoms with Crippen molar-refractivity contribution in [2.24, 2.45) is 33.7 Å². The molecule has 0 aromatic carbocycles. The fourth-order valence-electron chi connectivity index (χ4n) is 7.03. The van der Waals surface area contributed by atoms with Crippen LogP contribution in [0.3, 0.4) is 0 Å². The summed E-state index contributed by atoms with van der Waals surface area (Å²) in [5, 5.41) is 4.24. The molecule has 0 unspecified atom stereocenters. The Labute approximate surface area is 178 Å². The molecular weight excluding hydrogens is 390 g/mol. The predicted molar refractivity (Wildman–Crippen MR) is 112 cm³/mol. The summed E-state index contributed by atoms with van der Waals surface area (Å²) in [6.07, 6.45) is 10.8. The minimum Gasteiger partial charge on any atom is -0.462 e. The summed E-state index contributed by atoms with van der Waals surface area (Å²) < 4.78 is 5.53. The molecule has 3 fully saturated rings. The maximum atomic E-state index is 11.5. The van der Waals surface area contributed by atoms with E-state index in [0.717, 1.165) is 50.7 Å². The molecule has 4 aliphatic rings. The monoisotopic (exact) mass is 421 g/mol. The molecule has 5 nitrogen and oxygen atoms in total. The molecule has 0 N–H and O–H groups in total. The number of hydrogen-bond donors (Lipinski definition) is 0. The summed E-state index contributed by atoms with van der Waals surface area (Å²) in [4.78, 5) is 27.9. The molecule has 0 aromatic rings. The van der Waals surface area contributed by atoms with Crippen LogP contribution in [-0.2, 0) is 19.2 Å². The third-order valence-corrected chi connectivity index (χ3v) is 8.72. The Morgan fingerprint density at radius 1 is 1.17 bits per heavy atom. The van der Waals surface area contributed by atoms with Crippen molar-refractivity contribution in [2.75, 3.05) is 5.88 Å². The Balaban J connectivity index is 1.54. The highest BCUT2D eigenvalue weighted by Crippen LogP contribution is 2.64. The number of esters is 1. The van der Waals surface area contributed by atoms with Crippen molar-refractivity contribution >= 4 is 29.3 Å². The van der Waals surface area contributed by atoms with Crippen LogP contribution in [0.2, 0.25) is 0 Å². The number of alkyl halides is 1. The van der Waals surface area contributed by atoms with Gasteiger partial charge >= 0.3 is 11.9 Å². The molecule has 0 heterocycles. The average Bonchev–Trinajstić information content (AvgIpc) is 3.02. The van der Waals surface area contributed by atoms with Crippen molar-refractivity contribution in [2.45, 2.75) is 78.2 Å². The topological polar surface area (TPSA) is 65.0 Å². The van der Waals surface area contributed by atoms with Gasteiger partial charge in [-0.05, 0) is 68.1 Å². The van der Waals surface area contributed by atoms with Gasteiger partial charge in [0.1, 0.15) is 12.0 Å². The summed E-state index contributed by atoms with van der Waals surface area (Å²) in [6.45, 7) is 6.26. The van der Waals surface area contributed by atoms with Crippen LogP contribution in [0.25, 0.3) is 0 Å². The highest BCUT2D eigenvalue weighted by Gasteiger charge is 2.58. The lowest BCUT2D eigenvalue weighted by Crippen LogP contribution is -2.50. The Morgan fingerprint density at radius 2 is 1.90 bits per heavy atom. The third-order valence-electron chi connectivity index (χ3n) is 8.50. The number of carbonyl (C=O) groups excluding carboxylic acids is 2. The Morgan fingerprint density at radius 3 is 2.62 bits per heavy atom. The van der Waals surface area contributed by atoms with Gasteiger partial charge in [-0.2, -0.15) is 0 Å². The van der Waals surface area contributed by atoms with E-state index in [9.17, 15) is 9.59 Å². The maximum absolute atomic E-state index is 11.5. The number of fused-ring (bicyclic) bond motifs is 5. The fraction of sp³-hybridized carbons (Fsp3) is 0.783. The molecule has 0 aliphatic heterocycles. The lowest BCUT2D eigenvalue weighted by atomic mass is 9.48. The van der Waals surface area contributed by atoms with Gasteiger partial charge in [-0.1, -0.05) is 30.7 Å². The van der Waals surface area contributed by atoms with Crippen LogP contribution >= 0.6 is 11.6 Å². The van der Waals surface area contributed by atoms with Gasteiger partial charge in [0.15, 0.2) is 0 Å². The van der Waals surface area contributed by atoms with Gasteiger partial charge in [0.25, 0.3) is 0 Å². The minimum absolute atomic E-state index is 0.0183. The maximum Gasteiger partial charge on any atom is 0.349 e. The molecule has 0 saturated heterocycles. The number of allylic oxidation sites excluding steroid dienone is 1. The molecular formula is C23H32ClNO4. The average molecular weight is 422 g/mol. The zero-order valence-corrected chi connectivity index (χ0v) is 18.5. The van der Waals surface area contributed by atoms with Gasteiger partial charge in [0.2, 0.25) is 0 Å². The highest BCUT2D eigenvalue weighted by atomic mass is 35.5. The van der Waals surface area contributed by atoms with E-state index in [1.807, 2.05) is 0 Å². The second-order valence-electron chi connectivity index (χ2n) is 9.86. The number of halogens is 1. The Bertz CT molecular complexity index is 762. The first-order valence-corrected chi connectivity index (χ1v) is 11.5. The molecule has 4 aliphatic carbocycles. The van der Waals surface area contributed by atoms with Crippen LogP contribution in [0.4, 0.5) is 0 Å². The number of carbonyl (C=O) groups is 2. The van der Waals surface area contributed by atoms with E-state index in [1.54, 1.807) is 0 Å². The van der Waals surface area contributed by atoms with E-state index in [1.165, 1.54) is 18.9 Å². The largest absolute Gasteiger partial charge is 0.462 e. The minimum atomic E-state index is -0.484. The van der Waals surface area contributed by atoms with Crippen LogP contribution in [0, 0.1) is 28.6 Å². The lowest BCUT2D eigenvalue weighted by Gasteiger charge is -2.57. The normalized spacial score (nSPS) is 42.3. The van der Waals surface area contributed by atoms with E-state index < -0.39 is 5.97 Å². The van der Waals surface area contributed by atoms with Gasteiger partial charge in [-0.25, -0.2) is 4.79 Å². The first kappa shape index (κ1) is 20.9. The smallest absolute Gasteiger partial charge is 0.349 e. The third kappa shape index (κ3) is 3.54. The van der Waals surface area contributed by atoms with Crippen LogP contribution in [-0.4, -0.2) is 29.6 Å². The van der Waals surface area contributed by atoms with Crippen LogP contribution in [0.5, 0.6) is 0 Å². The zero-order chi connectivity index (χ0) is 20.8. The second-order valence-corrected chi connectivity index (χ2v) is 10.1.